The number of anilines is 1. The van der Waals surface area contributed by atoms with Crippen molar-refractivity contribution in [1.82, 2.24) is 15.3 Å². The first-order valence-electron chi connectivity index (χ1n) is 9.50. The smallest absolute Gasteiger partial charge is 0.253 e. The van der Waals surface area contributed by atoms with Gasteiger partial charge in [-0.25, -0.2) is 0 Å². The topological polar surface area (TPSA) is 75.2 Å². The van der Waals surface area contributed by atoms with Crippen molar-refractivity contribution in [3.05, 3.63) is 77.7 Å². The molecular weight excluding hydrogens is 364 g/mol. The maximum absolute atomic E-state index is 12.3. The van der Waals surface area contributed by atoms with Crippen molar-refractivity contribution in [1.29, 1.82) is 0 Å². The summed E-state index contributed by atoms with van der Waals surface area (Å²) < 4.78 is 0. The van der Waals surface area contributed by atoms with Gasteiger partial charge in [0.1, 0.15) is 0 Å². The normalized spacial score (nSPS) is 10.4. The molecule has 0 unspecified atom stereocenters. The van der Waals surface area contributed by atoms with Crippen LogP contribution in [-0.4, -0.2) is 28.8 Å². The van der Waals surface area contributed by atoms with Gasteiger partial charge in [-0.3, -0.25) is 19.6 Å². The van der Waals surface area contributed by atoms with Crippen LogP contribution in [-0.2, 0) is 11.3 Å². The zero-order valence-corrected chi connectivity index (χ0v) is 16.8. The molecule has 2 heterocycles. The molecular formula is C23H24N4O2. The Morgan fingerprint density at radius 2 is 1.93 bits per heavy atom. The number of amides is 2. The number of aryl methyl sites for hydroxylation is 1. The van der Waals surface area contributed by atoms with Crippen molar-refractivity contribution in [3.63, 3.8) is 0 Å². The van der Waals surface area contributed by atoms with Gasteiger partial charge in [0.15, 0.2) is 0 Å². The minimum Gasteiger partial charge on any atom is -0.348 e. The number of hydrogen-bond donors (Lipinski definition) is 1. The van der Waals surface area contributed by atoms with Gasteiger partial charge in [0.25, 0.3) is 5.91 Å². The van der Waals surface area contributed by atoms with Gasteiger partial charge in [0, 0.05) is 49.9 Å². The number of pyridine rings is 2. The Labute approximate surface area is 170 Å². The summed E-state index contributed by atoms with van der Waals surface area (Å²) in [6.45, 7) is 4.25. The van der Waals surface area contributed by atoms with Crippen molar-refractivity contribution in [2.45, 2.75) is 26.8 Å². The SMILES string of the molecule is CCC(=O)N(C)c1ccc(-c2ccc(C(=O)NCc3cccnc3)cn2)c(C)c1. The van der Waals surface area contributed by atoms with Gasteiger partial charge < -0.3 is 10.2 Å². The summed E-state index contributed by atoms with van der Waals surface area (Å²) in [4.78, 5) is 34.4. The third-order valence-electron chi connectivity index (χ3n) is 4.75. The molecule has 0 fully saturated rings. The summed E-state index contributed by atoms with van der Waals surface area (Å²) in [6.07, 6.45) is 5.46. The van der Waals surface area contributed by atoms with Crippen LogP contribution < -0.4 is 10.2 Å². The highest BCUT2D eigenvalue weighted by Gasteiger charge is 2.12. The van der Waals surface area contributed by atoms with Gasteiger partial charge in [-0.05, 0) is 48.4 Å². The predicted molar refractivity (Wildman–Crippen MR) is 114 cm³/mol. The second kappa shape index (κ2) is 9.10. The van der Waals surface area contributed by atoms with E-state index in [0.717, 1.165) is 28.1 Å². The second-order valence-electron chi connectivity index (χ2n) is 6.78. The molecule has 0 radical (unpaired) electrons. The summed E-state index contributed by atoms with van der Waals surface area (Å²) in [5.74, 6) is -0.114. The molecule has 1 N–H and O–H groups in total. The Balaban J connectivity index is 1.71. The third-order valence-corrected chi connectivity index (χ3v) is 4.75. The average Bonchev–Trinajstić information content (AvgIpc) is 2.77. The van der Waals surface area contributed by atoms with Gasteiger partial charge >= 0.3 is 0 Å². The number of carbonyl (C=O) groups excluding carboxylic acids is 2. The van der Waals surface area contributed by atoms with E-state index in [9.17, 15) is 9.59 Å². The van der Waals surface area contributed by atoms with Crippen LogP contribution in [0.2, 0.25) is 0 Å². The van der Waals surface area contributed by atoms with Gasteiger partial charge in [-0.1, -0.05) is 19.1 Å². The molecule has 3 aromatic rings. The molecule has 0 spiro atoms. The molecule has 0 atom stereocenters. The molecule has 6 heteroatoms. The Bertz CT molecular complexity index is 1000. The van der Waals surface area contributed by atoms with Crippen LogP contribution >= 0.6 is 0 Å². The Morgan fingerprint density at radius 3 is 2.55 bits per heavy atom. The lowest BCUT2D eigenvalue weighted by molar-refractivity contribution is -0.118. The maximum atomic E-state index is 12.3. The lowest BCUT2D eigenvalue weighted by Gasteiger charge is -2.18. The van der Waals surface area contributed by atoms with Crippen molar-refractivity contribution in [3.8, 4) is 11.3 Å². The number of aromatic nitrogens is 2. The molecule has 0 saturated carbocycles. The lowest BCUT2D eigenvalue weighted by atomic mass is 10.0. The van der Waals surface area contributed by atoms with Crippen LogP contribution in [0.4, 0.5) is 5.69 Å². The van der Waals surface area contributed by atoms with Crippen LogP contribution in [0.3, 0.4) is 0 Å². The largest absolute Gasteiger partial charge is 0.348 e. The van der Waals surface area contributed by atoms with Crippen molar-refractivity contribution >= 4 is 17.5 Å². The average molecular weight is 388 g/mol. The van der Waals surface area contributed by atoms with Crippen LogP contribution in [0, 0.1) is 6.92 Å². The first-order chi connectivity index (χ1) is 14.0. The number of nitrogens with zero attached hydrogens (tertiary/aromatic N) is 3. The summed E-state index contributed by atoms with van der Waals surface area (Å²) in [6, 6.07) is 13.2. The lowest BCUT2D eigenvalue weighted by Crippen LogP contribution is -2.25. The second-order valence-corrected chi connectivity index (χ2v) is 6.78. The van der Waals surface area contributed by atoms with E-state index in [2.05, 4.69) is 15.3 Å². The molecule has 0 saturated heterocycles. The Morgan fingerprint density at radius 1 is 1.10 bits per heavy atom. The van der Waals surface area contributed by atoms with Crippen LogP contribution in [0.25, 0.3) is 11.3 Å². The molecule has 0 aliphatic rings. The summed E-state index contributed by atoms with van der Waals surface area (Å²) in [5, 5.41) is 2.87. The van der Waals surface area contributed by atoms with Gasteiger partial charge in [-0.15, -0.1) is 0 Å². The number of nitrogens with one attached hydrogen (secondary N) is 1. The minimum absolute atomic E-state index is 0.0666. The van der Waals surface area contributed by atoms with E-state index >= 15 is 0 Å². The quantitative estimate of drug-likeness (QED) is 0.698. The van der Waals surface area contributed by atoms with Gasteiger partial charge in [0.05, 0.1) is 11.3 Å². The molecule has 3 rings (SSSR count). The monoisotopic (exact) mass is 388 g/mol. The standard InChI is InChI=1S/C23H24N4O2/c1-4-22(28)27(3)19-8-9-20(16(2)12-19)21-10-7-18(15-25-21)23(29)26-14-17-6-5-11-24-13-17/h5-13,15H,4,14H2,1-3H3,(H,26,29). The molecule has 6 nitrogen and oxygen atoms in total. The minimum atomic E-state index is -0.181. The molecule has 148 valence electrons. The van der Waals surface area contributed by atoms with Crippen LogP contribution in [0.15, 0.2) is 61.1 Å². The van der Waals surface area contributed by atoms with Crippen LogP contribution in [0.5, 0.6) is 0 Å². The van der Waals surface area contributed by atoms with Crippen molar-refractivity contribution in [2.24, 2.45) is 0 Å². The van der Waals surface area contributed by atoms with E-state index in [0.29, 0.717) is 18.5 Å². The van der Waals surface area contributed by atoms with Gasteiger partial charge in [0.2, 0.25) is 5.91 Å². The summed E-state index contributed by atoms with van der Waals surface area (Å²) >= 11 is 0. The van der Waals surface area contributed by atoms with E-state index in [4.69, 9.17) is 0 Å². The first-order valence-corrected chi connectivity index (χ1v) is 9.50. The van der Waals surface area contributed by atoms with E-state index in [1.165, 1.54) is 0 Å². The fourth-order valence-electron chi connectivity index (χ4n) is 3.00. The fourth-order valence-corrected chi connectivity index (χ4v) is 3.00. The number of carbonyl (C=O) groups is 2. The summed E-state index contributed by atoms with van der Waals surface area (Å²) in [5.41, 5.74) is 5.05. The highest BCUT2D eigenvalue weighted by Crippen LogP contribution is 2.26. The third kappa shape index (κ3) is 4.85. The van der Waals surface area contributed by atoms with Crippen LogP contribution in [0.1, 0.15) is 34.8 Å². The number of hydrogen-bond acceptors (Lipinski definition) is 4. The maximum Gasteiger partial charge on any atom is 0.253 e. The highest BCUT2D eigenvalue weighted by atomic mass is 16.2. The van der Waals surface area contributed by atoms with Crippen molar-refractivity contribution in [2.75, 3.05) is 11.9 Å². The van der Waals surface area contributed by atoms with Gasteiger partial charge in [-0.2, -0.15) is 0 Å². The predicted octanol–water partition coefficient (Wildman–Crippen LogP) is 3.75. The number of benzene rings is 1. The Kier molecular flexibility index (Phi) is 6.34. The van der Waals surface area contributed by atoms with E-state index in [1.54, 1.807) is 36.6 Å². The highest BCUT2D eigenvalue weighted by molar-refractivity contribution is 5.94. The molecule has 29 heavy (non-hydrogen) atoms. The molecule has 2 amide bonds. The fraction of sp³-hybridized carbons (Fsp3) is 0.217. The van der Waals surface area contributed by atoms with E-state index < -0.39 is 0 Å². The number of rotatable bonds is 6. The molecule has 1 aromatic carbocycles. The molecule has 0 aliphatic carbocycles. The molecule has 2 aromatic heterocycles. The van der Waals surface area contributed by atoms with E-state index in [-0.39, 0.29) is 11.8 Å². The zero-order valence-electron chi connectivity index (χ0n) is 16.8. The first kappa shape index (κ1) is 20.2. The summed E-state index contributed by atoms with van der Waals surface area (Å²) in [7, 11) is 1.78. The zero-order chi connectivity index (χ0) is 20.8. The Hall–Kier alpha value is -3.54. The molecule has 0 aliphatic heterocycles. The van der Waals surface area contributed by atoms with E-state index in [1.807, 2.05) is 50.2 Å². The molecule has 0 bridgehead atoms. The van der Waals surface area contributed by atoms with Crippen molar-refractivity contribution < 1.29 is 9.59 Å².